The Morgan fingerprint density at radius 2 is 2.11 bits per heavy atom. The van der Waals surface area contributed by atoms with Gasteiger partial charge < -0.3 is 24.7 Å². The second-order valence-electron chi connectivity index (χ2n) is 7.78. The van der Waals surface area contributed by atoms with Crippen molar-refractivity contribution in [2.45, 2.75) is 45.9 Å². The van der Waals surface area contributed by atoms with Gasteiger partial charge in [0.05, 0.1) is 18.3 Å². The Hall–Kier alpha value is -2.77. The first-order valence-electron chi connectivity index (χ1n) is 9.14. The van der Waals surface area contributed by atoms with Crippen LogP contribution in [0.5, 0.6) is 0 Å². The van der Waals surface area contributed by atoms with E-state index in [0.717, 1.165) is 17.0 Å². The van der Waals surface area contributed by atoms with Crippen molar-refractivity contribution in [1.82, 2.24) is 24.9 Å². The molecule has 0 unspecified atom stereocenters. The minimum absolute atomic E-state index is 0.159. The van der Waals surface area contributed by atoms with Gasteiger partial charge in [0.1, 0.15) is 11.2 Å². The molecular formula is C19H28N6O2. The van der Waals surface area contributed by atoms with Crippen LogP contribution in [0.1, 0.15) is 32.2 Å². The number of hydrogen-bond donors (Lipinski definition) is 2. The van der Waals surface area contributed by atoms with Crippen LogP contribution in [0.25, 0.3) is 5.65 Å². The van der Waals surface area contributed by atoms with Gasteiger partial charge in [-0.15, -0.1) is 0 Å². The fraction of sp³-hybridized carbons (Fsp3) is 0.526. The number of pyridine rings is 1. The molecule has 0 spiro atoms. The Morgan fingerprint density at radius 3 is 2.74 bits per heavy atom. The quantitative estimate of drug-likeness (QED) is 0.635. The molecule has 2 aromatic rings. The van der Waals surface area contributed by atoms with Crippen LogP contribution < -0.4 is 10.6 Å². The van der Waals surface area contributed by atoms with E-state index >= 15 is 0 Å². The lowest BCUT2D eigenvalue weighted by atomic mass is 10.1. The molecule has 0 aromatic carbocycles. The van der Waals surface area contributed by atoms with Gasteiger partial charge in [0.2, 0.25) is 0 Å². The van der Waals surface area contributed by atoms with Gasteiger partial charge >= 0.3 is 6.09 Å². The molecule has 146 valence electrons. The lowest BCUT2D eigenvalue weighted by molar-refractivity contribution is 0.00701. The molecule has 2 aromatic heterocycles. The van der Waals surface area contributed by atoms with Crippen LogP contribution in [0.2, 0.25) is 0 Å². The fourth-order valence-corrected chi connectivity index (χ4v) is 2.89. The predicted octanol–water partition coefficient (Wildman–Crippen LogP) is 1.93. The first-order chi connectivity index (χ1) is 12.7. The average Bonchev–Trinajstić information content (AvgIpc) is 2.96. The van der Waals surface area contributed by atoms with Gasteiger partial charge in [-0.2, -0.15) is 0 Å². The van der Waals surface area contributed by atoms with E-state index in [4.69, 9.17) is 4.74 Å². The highest BCUT2D eigenvalue weighted by atomic mass is 16.6. The van der Waals surface area contributed by atoms with Gasteiger partial charge in [0.25, 0.3) is 0 Å². The number of aliphatic imine (C=N–C) groups is 1. The van der Waals surface area contributed by atoms with E-state index in [-0.39, 0.29) is 12.1 Å². The highest BCUT2D eigenvalue weighted by molar-refractivity contribution is 5.80. The molecule has 0 aliphatic carbocycles. The Labute approximate surface area is 159 Å². The second-order valence-corrected chi connectivity index (χ2v) is 7.78. The molecule has 27 heavy (non-hydrogen) atoms. The van der Waals surface area contributed by atoms with Crippen LogP contribution in [0.15, 0.2) is 29.4 Å². The minimum atomic E-state index is -0.473. The second kappa shape index (κ2) is 7.46. The Kier molecular flexibility index (Phi) is 5.25. The maximum absolute atomic E-state index is 12.0. The van der Waals surface area contributed by atoms with Crippen LogP contribution in [-0.4, -0.2) is 58.1 Å². The number of likely N-dealkylation sites (tertiary alicyclic amines) is 1. The predicted molar refractivity (Wildman–Crippen MR) is 105 cm³/mol. The van der Waals surface area contributed by atoms with Crippen molar-refractivity contribution in [3.05, 3.63) is 35.8 Å². The summed E-state index contributed by atoms with van der Waals surface area (Å²) in [6, 6.07) is 6.21. The summed E-state index contributed by atoms with van der Waals surface area (Å²) in [5, 5.41) is 6.60. The summed E-state index contributed by atoms with van der Waals surface area (Å²) in [7, 11) is 1.73. The van der Waals surface area contributed by atoms with Crippen molar-refractivity contribution >= 4 is 17.7 Å². The highest BCUT2D eigenvalue weighted by Crippen LogP contribution is 2.15. The lowest BCUT2D eigenvalue weighted by Gasteiger charge is -2.40. The molecule has 1 aliphatic rings. The fourth-order valence-electron chi connectivity index (χ4n) is 2.89. The zero-order valence-corrected chi connectivity index (χ0v) is 16.6. The SMILES string of the molecule is CN=C(NCc1cn2c(C)cccc2n1)NC1CN(C(=O)OC(C)(C)C)C1. The zero-order valence-electron chi connectivity index (χ0n) is 16.6. The number of imidazole rings is 1. The molecule has 0 bridgehead atoms. The van der Waals surface area contributed by atoms with E-state index in [9.17, 15) is 4.79 Å². The van der Waals surface area contributed by atoms with Crippen molar-refractivity contribution < 1.29 is 9.53 Å². The highest BCUT2D eigenvalue weighted by Gasteiger charge is 2.34. The molecule has 0 radical (unpaired) electrons. The van der Waals surface area contributed by atoms with E-state index in [2.05, 4.69) is 38.0 Å². The summed E-state index contributed by atoms with van der Waals surface area (Å²) in [4.78, 5) is 22.5. The van der Waals surface area contributed by atoms with Gasteiger partial charge in [0, 0.05) is 32.0 Å². The van der Waals surface area contributed by atoms with Crippen molar-refractivity contribution in [3.8, 4) is 0 Å². The van der Waals surface area contributed by atoms with Crippen LogP contribution >= 0.6 is 0 Å². The molecule has 1 saturated heterocycles. The van der Waals surface area contributed by atoms with E-state index in [0.29, 0.717) is 25.6 Å². The number of carbonyl (C=O) groups excluding carboxylic acids is 1. The molecule has 1 amide bonds. The van der Waals surface area contributed by atoms with Gasteiger partial charge in [-0.05, 0) is 39.8 Å². The summed E-state index contributed by atoms with van der Waals surface area (Å²) in [5.41, 5.74) is 2.54. The van der Waals surface area contributed by atoms with Crippen LogP contribution in [0.4, 0.5) is 4.79 Å². The van der Waals surface area contributed by atoms with Crippen molar-refractivity contribution in [3.63, 3.8) is 0 Å². The van der Waals surface area contributed by atoms with Gasteiger partial charge in [0.15, 0.2) is 5.96 Å². The number of aryl methyl sites for hydroxylation is 1. The van der Waals surface area contributed by atoms with Crippen LogP contribution in [0, 0.1) is 6.92 Å². The molecule has 8 heteroatoms. The number of nitrogens with zero attached hydrogens (tertiary/aromatic N) is 4. The van der Waals surface area contributed by atoms with Crippen LogP contribution in [0.3, 0.4) is 0 Å². The first-order valence-corrected chi connectivity index (χ1v) is 9.14. The normalized spacial score (nSPS) is 15.6. The van der Waals surface area contributed by atoms with E-state index < -0.39 is 5.60 Å². The molecule has 3 rings (SSSR count). The van der Waals surface area contributed by atoms with Crippen molar-refractivity contribution in [2.75, 3.05) is 20.1 Å². The van der Waals surface area contributed by atoms with Crippen LogP contribution in [-0.2, 0) is 11.3 Å². The third-order valence-electron chi connectivity index (χ3n) is 4.28. The number of aromatic nitrogens is 2. The molecule has 8 nitrogen and oxygen atoms in total. The maximum atomic E-state index is 12.0. The topological polar surface area (TPSA) is 83.3 Å². The molecule has 1 fully saturated rings. The molecule has 1 aliphatic heterocycles. The van der Waals surface area contributed by atoms with Crippen molar-refractivity contribution in [1.29, 1.82) is 0 Å². The minimum Gasteiger partial charge on any atom is -0.444 e. The monoisotopic (exact) mass is 372 g/mol. The summed E-state index contributed by atoms with van der Waals surface area (Å²) < 4.78 is 7.44. The summed E-state index contributed by atoms with van der Waals surface area (Å²) in [6.45, 7) is 9.43. The Bertz CT molecular complexity index is 845. The average molecular weight is 372 g/mol. The van der Waals surface area contributed by atoms with Gasteiger partial charge in [-0.25, -0.2) is 9.78 Å². The standard InChI is InChI=1S/C19H28N6O2/c1-13-7-6-8-16-22-14(12-25(13)16)9-21-17(20-5)23-15-10-24(11-15)18(26)27-19(2,3)4/h6-8,12,15H,9-11H2,1-5H3,(H2,20,21,23). The number of guanidine groups is 1. The molecular weight excluding hydrogens is 344 g/mol. The number of amides is 1. The van der Waals surface area contributed by atoms with E-state index in [1.54, 1.807) is 11.9 Å². The number of ether oxygens (including phenoxy) is 1. The number of hydrogen-bond acceptors (Lipinski definition) is 4. The summed E-state index contributed by atoms with van der Waals surface area (Å²) in [5.74, 6) is 0.692. The largest absolute Gasteiger partial charge is 0.444 e. The smallest absolute Gasteiger partial charge is 0.410 e. The maximum Gasteiger partial charge on any atom is 0.410 e. The number of rotatable bonds is 3. The lowest BCUT2D eigenvalue weighted by Crippen LogP contribution is -2.63. The van der Waals surface area contributed by atoms with Gasteiger partial charge in [-0.1, -0.05) is 6.07 Å². The molecule has 0 atom stereocenters. The molecule has 2 N–H and O–H groups in total. The van der Waals surface area contributed by atoms with E-state index in [1.165, 1.54) is 0 Å². The molecule has 0 saturated carbocycles. The van der Waals surface area contributed by atoms with Crippen molar-refractivity contribution in [2.24, 2.45) is 4.99 Å². The summed E-state index contributed by atoms with van der Waals surface area (Å²) >= 11 is 0. The molecule has 3 heterocycles. The Morgan fingerprint density at radius 1 is 1.37 bits per heavy atom. The number of fused-ring (bicyclic) bond motifs is 1. The van der Waals surface area contributed by atoms with E-state index in [1.807, 2.05) is 39.1 Å². The first kappa shape index (κ1) is 19.0. The number of nitrogens with one attached hydrogen (secondary N) is 2. The Balaban J connectivity index is 1.48. The summed E-state index contributed by atoms with van der Waals surface area (Å²) in [6.07, 6.45) is 1.75. The third kappa shape index (κ3) is 4.69. The number of carbonyl (C=O) groups is 1. The zero-order chi connectivity index (χ0) is 19.6. The third-order valence-corrected chi connectivity index (χ3v) is 4.28. The van der Waals surface area contributed by atoms with Gasteiger partial charge in [-0.3, -0.25) is 4.99 Å².